The van der Waals surface area contributed by atoms with E-state index < -0.39 is 17.2 Å². The number of anilines is 1. The molecule has 4 heterocycles. The molecule has 0 atom stereocenters. The maximum atomic E-state index is 15.0. The highest BCUT2D eigenvalue weighted by Gasteiger charge is 2.26. The minimum atomic E-state index is -0.540. The van der Waals surface area contributed by atoms with Crippen molar-refractivity contribution in [1.29, 1.82) is 0 Å². The van der Waals surface area contributed by atoms with Crippen LogP contribution in [0.3, 0.4) is 0 Å². The quantitative estimate of drug-likeness (QED) is 0.308. The van der Waals surface area contributed by atoms with Gasteiger partial charge in [0.25, 0.3) is 0 Å². The molecular formula is C30H35F2N7O2. The third kappa shape index (κ3) is 6.13. The summed E-state index contributed by atoms with van der Waals surface area (Å²) in [6.45, 7) is 13.8. The van der Waals surface area contributed by atoms with Crippen LogP contribution in [0.4, 0.5) is 19.3 Å². The molecule has 1 aromatic carbocycles. The average molecular weight is 564 g/mol. The van der Waals surface area contributed by atoms with Crippen molar-refractivity contribution in [2.45, 2.75) is 59.6 Å². The van der Waals surface area contributed by atoms with Crippen molar-refractivity contribution in [2.75, 3.05) is 31.1 Å². The number of carbonyl (C=O) groups is 1. The number of ether oxygens (including phenoxy) is 1. The number of aryl methyl sites for hydroxylation is 1. The second kappa shape index (κ2) is 11.0. The summed E-state index contributed by atoms with van der Waals surface area (Å²) in [5.41, 5.74) is 2.45. The molecule has 9 nitrogen and oxygen atoms in total. The van der Waals surface area contributed by atoms with Gasteiger partial charge in [0.05, 0.1) is 36.2 Å². The lowest BCUT2D eigenvalue weighted by molar-refractivity contribution is 0.0240. The van der Waals surface area contributed by atoms with Gasteiger partial charge in [-0.15, -0.1) is 0 Å². The SMILES string of the molecule is Cc1nc2c(F)cc(-c3cc(Cc4ncc(N5CCN(C(=O)OC(C)(C)C)CC5)cn4)ncc3F)cc2n1C(C)C. The summed E-state index contributed by atoms with van der Waals surface area (Å²) in [6, 6.07) is 4.78. The van der Waals surface area contributed by atoms with Crippen LogP contribution in [0.15, 0.2) is 36.8 Å². The van der Waals surface area contributed by atoms with Gasteiger partial charge in [-0.05, 0) is 65.3 Å². The molecule has 0 N–H and O–H groups in total. The smallest absolute Gasteiger partial charge is 0.410 e. The molecule has 0 unspecified atom stereocenters. The van der Waals surface area contributed by atoms with Crippen LogP contribution in [0.25, 0.3) is 22.2 Å². The van der Waals surface area contributed by atoms with E-state index in [4.69, 9.17) is 4.74 Å². The van der Waals surface area contributed by atoms with Crippen molar-refractivity contribution in [3.63, 3.8) is 0 Å². The monoisotopic (exact) mass is 563 g/mol. The molecule has 0 radical (unpaired) electrons. The van der Waals surface area contributed by atoms with Gasteiger partial charge in [-0.1, -0.05) is 0 Å². The number of carbonyl (C=O) groups excluding carboxylic acids is 1. The molecule has 41 heavy (non-hydrogen) atoms. The van der Waals surface area contributed by atoms with Gasteiger partial charge in [0.1, 0.15) is 28.6 Å². The van der Waals surface area contributed by atoms with Gasteiger partial charge in [0, 0.05) is 43.5 Å². The fourth-order valence-corrected chi connectivity index (χ4v) is 5.11. The third-order valence-electron chi connectivity index (χ3n) is 6.99. The Kier molecular flexibility index (Phi) is 7.63. The van der Waals surface area contributed by atoms with E-state index in [-0.39, 0.29) is 29.6 Å². The molecule has 1 fully saturated rings. The minimum absolute atomic E-state index is 0.0708. The van der Waals surface area contributed by atoms with E-state index in [0.717, 1.165) is 11.9 Å². The predicted octanol–water partition coefficient (Wildman–Crippen LogP) is 5.70. The molecule has 0 spiro atoms. The lowest BCUT2D eigenvalue weighted by Gasteiger charge is -2.36. The first-order valence-electron chi connectivity index (χ1n) is 13.8. The van der Waals surface area contributed by atoms with E-state index in [1.54, 1.807) is 29.4 Å². The molecular weight excluding hydrogens is 528 g/mol. The van der Waals surface area contributed by atoms with Crippen LogP contribution in [-0.2, 0) is 11.2 Å². The molecule has 216 valence electrons. The number of amides is 1. The number of rotatable bonds is 5. The Hall–Kier alpha value is -4.15. The van der Waals surface area contributed by atoms with Crippen molar-refractivity contribution in [3.8, 4) is 11.1 Å². The summed E-state index contributed by atoms with van der Waals surface area (Å²) < 4.78 is 37.4. The van der Waals surface area contributed by atoms with Crippen LogP contribution < -0.4 is 4.90 Å². The number of hydrogen-bond acceptors (Lipinski definition) is 7. The topological polar surface area (TPSA) is 89.3 Å². The lowest BCUT2D eigenvalue weighted by atomic mass is 10.0. The van der Waals surface area contributed by atoms with E-state index in [1.807, 2.05) is 46.1 Å². The van der Waals surface area contributed by atoms with Crippen LogP contribution in [0.2, 0.25) is 0 Å². The van der Waals surface area contributed by atoms with Gasteiger partial charge in [0.2, 0.25) is 0 Å². The molecule has 3 aromatic heterocycles. The minimum Gasteiger partial charge on any atom is -0.444 e. The first-order valence-corrected chi connectivity index (χ1v) is 13.8. The Morgan fingerprint density at radius 1 is 0.976 bits per heavy atom. The molecule has 4 aromatic rings. The predicted molar refractivity (Wildman–Crippen MR) is 153 cm³/mol. The van der Waals surface area contributed by atoms with E-state index >= 15 is 4.39 Å². The third-order valence-corrected chi connectivity index (χ3v) is 6.99. The molecule has 5 rings (SSSR count). The van der Waals surface area contributed by atoms with Gasteiger partial charge < -0.3 is 19.1 Å². The van der Waals surface area contributed by atoms with Crippen LogP contribution in [-0.4, -0.2) is 67.3 Å². The average Bonchev–Trinajstić information content (AvgIpc) is 3.26. The maximum Gasteiger partial charge on any atom is 0.410 e. The van der Waals surface area contributed by atoms with Crippen LogP contribution in [0, 0.1) is 18.6 Å². The van der Waals surface area contributed by atoms with Crippen molar-refractivity contribution in [3.05, 3.63) is 65.8 Å². The Balaban J connectivity index is 1.30. The number of halogens is 2. The molecule has 1 aliphatic rings. The number of pyridine rings is 1. The molecule has 0 aliphatic carbocycles. The summed E-state index contributed by atoms with van der Waals surface area (Å²) in [7, 11) is 0. The summed E-state index contributed by atoms with van der Waals surface area (Å²) in [6.07, 6.45) is 4.62. The number of piperazine rings is 1. The second-order valence-corrected chi connectivity index (χ2v) is 11.6. The van der Waals surface area contributed by atoms with E-state index in [9.17, 15) is 9.18 Å². The van der Waals surface area contributed by atoms with Gasteiger partial charge in [-0.25, -0.2) is 28.5 Å². The van der Waals surface area contributed by atoms with Gasteiger partial charge >= 0.3 is 6.09 Å². The highest BCUT2D eigenvalue weighted by atomic mass is 19.1. The van der Waals surface area contributed by atoms with E-state index in [1.165, 1.54) is 6.07 Å². The Bertz CT molecular complexity index is 1570. The van der Waals surface area contributed by atoms with Crippen LogP contribution >= 0.6 is 0 Å². The van der Waals surface area contributed by atoms with Gasteiger partial charge in [-0.3, -0.25) is 4.98 Å². The van der Waals surface area contributed by atoms with Gasteiger partial charge in [-0.2, -0.15) is 0 Å². The summed E-state index contributed by atoms with van der Waals surface area (Å²) in [5, 5.41) is 0. The highest BCUT2D eigenvalue weighted by Crippen LogP contribution is 2.31. The number of benzene rings is 1. The molecule has 0 bridgehead atoms. The zero-order valence-corrected chi connectivity index (χ0v) is 24.3. The number of imidazole rings is 1. The van der Waals surface area contributed by atoms with Crippen molar-refractivity contribution >= 4 is 22.8 Å². The van der Waals surface area contributed by atoms with E-state index in [2.05, 4.69) is 24.8 Å². The van der Waals surface area contributed by atoms with Crippen LogP contribution in [0.1, 0.15) is 58.0 Å². The zero-order chi connectivity index (χ0) is 29.5. The first kappa shape index (κ1) is 28.4. The molecule has 1 saturated heterocycles. The van der Waals surface area contributed by atoms with Crippen molar-refractivity contribution < 1.29 is 18.3 Å². The van der Waals surface area contributed by atoms with Crippen LogP contribution in [0.5, 0.6) is 0 Å². The standard InChI is InChI=1S/C30H35F2N7O2/c1-18(2)39-19(3)36-28-24(31)11-20(12-26(28)39)23-13-21(33-17-25(23)32)14-27-34-15-22(16-35-27)37-7-9-38(10-8-37)29(40)41-30(4,5)6/h11-13,15-18H,7-10,14H2,1-6H3. The van der Waals surface area contributed by atoms with E-state index in [0.29, 0.717) is 54.6 Å². The summed E-state index contributed by atoms with van der Waals surface area (Å²) in [5.74, 6) is 0.194. The molecule has 0 saturated carbocycles. The Labute approximate surface area is 238 Å². The maximum absolute atomic E-state index is 15.0. The van der Waals surface area contributed by atoms with Gasteiger partial charge in [0.15, 0.2) is 5.82 Å². The summed E-state index contributed by atoms with van der Waals surface area (Å²) in [4.78, 5) is 33.8. The number of nitrogens with zero attached hydrogens (tertiary/aromatic N) is 7. The highest BCUT2D eigenvalue weighted by molar-refractivity contribution is 5.83. The number of hydrogen-bond donors (Lipinski definition) is 0. The fourth-order valence-electron chi connectivity index (χ4n) is 5.11. The van der Waals surface area contributed by atoms with Crippen molar-refractivity contribution in [1.82, 2.24) is 29.4 Å². The normalized spacial score (nSPS) is 14.3. The molecule has 11 heteroatoms. The van der Waals surface area contributed by atoms with Crippen molar-refractivity contribution in [2.24, 2.45) is 0 Å². The first-order chi connectivity index (χ1) is 19.4. The fraction of sp³-hybridized carbons (Fsp3) is 0.433. The zero-order valence-electron chi connectivity index (χ0n) is 24.3. The lowest BCUT2D eigenvalue weighted by Crippen LogP contribution is -2.50. The molecule has 1 amide bonds. The second-order valence-electron chi connectivity index (χ2n) is 11.6. The Morgan fingerprint density at radius 3 is 2.29 bits per heavy atom. The largest absolute Gasteiger partial charge is 0.444 e. The molecule has 1 aliphatic heterocycles. The number of aromatic nitrogens is 5. The Morgan fingerprint density at radius 2 is 1.66 bits per heavy atom. The summed E-state index contributed by atoms with van der Waals surface area (Å²) >= 11 is 0. The number of fused-ring (bicyclic) bond motifs is 1.